The van der Waals surface area contributed by atoms with Crippen molar-refractivity contribution in [2.45, 2.75) is 6.54 Å². The molecule has 7 heteroatoms. The fraction of sp³-hybridized carbons (Fsp3) is 0.0526. The van der Waals surface area contributed by atoms with Gasteiger partial charge in [-0.1, -0.05) is 36.4 Å². The van der Waals surface area contributed by atoms with E-state index in [0.29, 0.717) is 23.2 Å². The fourth-order valence-electron chi connectivity index (χ4n) is 2.47. The number of carbonyl (C=O) groups is 1. The molecule has 4 aromatic rings. The number of hydrogen-bond acceptors (Lipinski definition) is 6. The number of aromatic nitrogens is 4. The van der Waals surface area contributed by atoms with Crippen LogP contribution in [0.25, 0.3) is 11.4 Å². The molecule has 3 heterocycles. The zero-order valence-electron chi connectivity index (χ0n) is 13.7. The second-order valence-corrected chi connectivity index (χ2v) is 6.48. The molecule has 3 aromatic heterocycles. The lowest BCUT2D eigenvalue weighted by Gasteiger charge is -2.06. The predicted octanol–water partition coefficient (Wildman–Crippen LogP) is 3.70. The standard InChI is InChI=1S/C19H15N5OS/c25-18(16-9-5-11-26-16)24-19(21-12-14-6-2-1-3-7-14)22-17(23-24)15-8-4-10-20-13-15/h1-11,13H,12H2,(H,21,22,23). The molecule has 0 aliphatic carbocycles. The van der Waals surface area contributed by atoms with E-state index in [1.54, 1.807) is 18.5 Å². The Morgan fingerprint density at radius 2 is 1.96 bits per heavy atom. The summed E-state index contributed by atoms with van der Waals surface area (Å²) in [6, 6.07) is 17.2. The van der Waals surface area contributed by atoms with Gasteiger partial charge in [0, 0.05) is 24.5 Å². The first-order valence-electron chi connectivity index (χ1n) is 8.05. The van der Waals surface area contributed by atoms with Crippen molar-refractivity contribution in [2.75, 3.05) is 5.32 Å². The third-order valence-corrected chi connectivity index (χ3v) is 4.60. The molecule has 0 atom stereocenters. The van der Waals surface area contributed by atoms with Crippen LogP contribution in [0.2, 0.25) is 0 Å². The molecule has 0 aliphatic heterocycles. The third kappa shape index (κ3) is 3.38. The van der Waals surface area contributed by atoms with Crippen LogP contribution in [0.1, 0.15) is 15.2 Å². The second kappa shape index (κ2) is 7.28. The number of carbonyl (C=O) groups excluding carboxylic acids is 1. The number of nitrogens with one attached hydrogen (secondary N) is 1. The molecule has 1 aromatic carbocycles. The van der Waals surface area contributed by atoms with Gasteiger partial charge in [0.05, 0.1) is 4.88 Å². The number of benzene rings is 1. The average molecular weight is 361 g/mol. The second-order valence-electron chi connectivity index (χ2n) is 5.53. The van der Waals surface area contributed by atoms with Crippen molar-refractivity contribution >= 4 is 23.2 Å². The van der Waals surface area contributed by atoms with Gasteiger partial charge in [0.15, 0.2) is 5.82 Å². The highest BCUT2D eigenvalue weighted by molar-refractivity contribution is 7.12. The van der Waals surface area contributed by atoms with E-state index < -0.39 is 0 Å². The molecular formula is C19H15N5OS. The van der Waals surface area contributed by atoms with E-state index in [0.717, 1.165) is 11.1 Å². The molecule has 26 heavy (non-hydrogen) atoms. The van der Waals surface area contributed by atoms with E-state index in [1.807, 2.05) is 53.9 Å². The highest BCUT2D eigenvalue weighted by Gasteiger charge is 2.19. The number of thiophene rings is 1. The molecule has 0 saturated carbocycles. The van der Waals surface area contributed by atoms with Gasteiger partial charge < -0.3 is 5.32 Å². The molecule has 0 unspecified atom stereocenters. The first kappa shape index (κ1) is 16.2. The summed E-state index contributed by atoms with van der Waals surface area (Å²) in [6.45, 7) is 0.545. The van der Waals surface area contributed by atoms with E-state index in [9.17, 15) is 4.79 Å². The van der Waals surface area contributed by atoms with Gasteiger partial charge in [0.25, 0.3) is 5.91 Å². The summed E-state index contributed by atoms with van der Waals surface area (Å²) in [4.78, 5) is 22.0. The molecule has 6 nitrogen and oxygen atoms in total. The predicted molar refractivity (Wildman–Crippen MR) is 101 cm³/mol. The smallest absolute Gasteiger partial charge is 0.291 e. The number of hydrogen-bond donors (Lipinski definition) is 1. The molecule has 0 spiro atoms. The number of anilines is 1. The fourth-order valence-corrected chi connectivity index (χ4v) is 3.12. The maximum atomic E-state index is 12.8. The monoisotopic (exact) mass is 361 g/mol. The van der Waals surface area contributed by atoms with Crippen molar-refractivity contribution in [1.82, 2.24) is 19.7 Å². The summed E-state index contributed by atoms with van der Waals surface area (Å²) in [6.07, 6.45) is 3.36. The van der Waals surface area contributed by atoms with Gasteiger partial charge in [-0.25, -0.2) is 0 Å². The van der Waals surface area contributed by atoms with Crippen LogP contribution in [0, 0.1) is 0 Å². The van der Waals surface area contributed by atoms with Crippen molar-refractivity contribution in [3.8, 4) is 11.4 Å². The summed E-state index contributed by atoms with van der Waals surface area (Å²) >= 11 is 1.38. The van der Waals surface area contributed by atoms with Crippen LogP contribution in [-0.2, 0) is 6.54 Å². The largest absolute Gasteiger partial charge is 0.350 e. The lowest BCUT2D eigenvalue weighted by atomic mass is 10.2. The Labute approximate surface area is 154 Å². The van der Waals surface area contributed by atoms with Crippen molar-refractivity contribution in [2.24, 2.45) is 0 Å². The number of pyridine rings is 1. The Kier molecular flexibility index (Phi) is 4.53. The molecule has 1 N–H and O–H groups in total. The van der Waals surface area contributed by atoms with E-state index in [1.165, 1.54) is 16.0 Å². The van der Waals surface area contributed by atoms with Gasteiger partial charge >= 0.3 is 0 Å². The summed E-state index contributed by atoms with van der Waals surface area (Å²) < 4.78 is 1.32. The van der Waals surface area contributed by atoms with Gasteiger partial charge in [-0.05, 0) is 29.1 Å². The molecule has 4 rings (SSSR count). The van der Waals surface area contributed by atoms with Crippen LogP contribution in [0.15, 0.2) is 72.4 Å². The Hall–Kier alpha value is -3.32. The zero-order valence-corrected chi connectivity index (χ0v) is 14.6. The lowest BCUT2D eigenvalue weighted by Crippen LogP contribution is -2.16. The highest BCUT2D eigenvalue weighted by Crippen LogP contribution is 2.20. The van der Waals surface area contributed by atoms with Gasteiger partial charge in [0.1, 0.15) is 0 Å². The molecule has 128 valence electrons. The molecule has 0 fully saturated rings. The highest BCUT2D eigenvalue weighted by atomic mass is 32.1. The first-order valence-corrected chi connectivity index (χ1v) is 8.93. The van der Waals surface area contributed by atoms with E-state index in [-0.39, 0.29) is 5.91 Å². The summed E-state index contributed by atoms with van der Waals surface area (Å²) in [5.74, 6) is 0.655. The van der Waals surface area contributed by atoms with Crippen LogP contribution >= 0.6 is 11.3 Å². The zero-order chi connectivity index (χ0) is 17.8. The van der Waals surface area contributed by atoms with E-state index >= 15 is 0 Å². The molecule has 0 aliphatic rings. The first-order chi connectivity index (χ1) is 12.8. The SMILES string of the molecule is O=C(c1cccs1)n1nc(-c2cccnc2)nc1NCc1ccccc1. The summed E-state index contributed by atoms with van der Waals surface area (Å²) in [5, 5.41) is 9.49. The number of nitrogens with zero attached hydrogens (tertiary/aromatic N) is 4. The summed E-state index contributed by atoms with van der Waals surface area (Å²) in [5.41, 5.74) is 1.85. The average Bonchev–Trinajstić information content (AvgIpc) is 3.38. The van der Waals surface area contributed by atoms with Gasteiger partial charge in [-0.15, -0.1) is 16.4 Å². The normalized spacial score (nSPS) is 10.6. The molecule has 0 bridgehead atoms. The Bertz CT molecular complexity index is 997. The van der Waals surface area contributed by atoms with Crippen LogP contribution in [0.3, 0.4) is 0 Å². The van der Waals surface area contributed by atoms with Gasteiger partial charge in [-0.3, -0.25) is 9.78 Å². The Morgan fingerprint density at radius 3 is 2.69 bits per heavy atom. The lowest BCUT2D eigenvalue weighted by molar-refractivity contribution is 0.0951. The van der Waals surface area contributed by atoms with E-state index in [2.05, 4.69) is 20.4 Å². The molecule has 0 radical (unpaired) electrons. The van der Waals surface area contributed by atoms with Crippen molar-refractivity contribution in [1.29, 1.82) is 0 Å². The Morgan fingerprint density at radius 1 is 1.08 bits per heavy atom. The van der Waals surface area contributed by atoms with E-state index in [4.69, 9.17) is 0 Å². The van der Waals surface area contributed by atoms with Gasteiger partial charge in [0.2, 0.25) is 5.95 Å². The summed E-state index contributed by atoms with van der Waals surface area (Å²) in [7, 11) is 0. The Balaban J connectivity index is 1.68. The third-order valence-electron chi connectivity index (χ3n) is 3.74. The maximum Gasteiger partial charge on any atom is 0.291 e. The quantitative estimate of drug-likeness (QED) is 0.587. The van der Waals surface area contributed by atoms with Crippen molar-refractivity contribution in [3.05, 3.63) is 82.8 Å². The van der Waals surface area contributed by atoms with Crippen molar-refractivity contribution < 1.29 is 4.79 Å². The van der Waals surface area contributed by atoms with Gasteiger partial charge in [-0.2, -0.15) is 9.67 Å². The minimum absolute atomic E-state index is 0.210. The topological polar surface area (TPSA) is 72.7 Å². The van der Waals surface area contributed by atoms with Crippen LogP contribution in [0.4, 0.5) is 5.95 Å². The number of rotatable bonds is 5. The minimum atomic E-state index is -0.210. The van der Waals surface area contributed by atoms with Crippen LogP contribution in [-0.4, -0.2) is 25.7 Å². The maximum absolute atomic E-state index is 12.8. The molecular weight excluding hydrogens is 346 g/mol. The minimum Gasteiger partial charge on any atom is -0.350 e. The van der Waals surface area contributed by atoms with Crippen LogP contribution < -0.4 is 5.32 Å². The van der Waals surface area contributed by atoms with Crippen LogP contribution in [0.5, 0.6) is 0 Å². The van der Waals surface area contributed by atoms with Crippen molar-refractivity contribution in [3.63, 3.8) is 0 Å². The molecule has 0 saturated heterocycles. The molecule has 0 amide bonds.